The Morgan fingerprint density at radius 2 is 1.63 bits per heavy atom. The van der Waals surface area contributed by atoms with Gasteiger partial charge in [0, 0.05) is 37.4 Å². The first-order valence-corrected chi connectivity index (χ1v) is 8.82. The van der Waals surface area contributed by atoms with Crippen LogP contribution in [0.5, 0.6) is 0 Å². The maximum atomic E-state index is 12.5. The van der Waals surface area contributed by atoms with E-state index in [-0.39, 0.29) is 29.5 Å². The molecule has 0 saturated carbocycles. The van der Waals surface area contributed by atoms with Crippen molar-refractivity contribution in [2.45, 2.75) is 6.42 Å². The smallest absolute Gasteiger partial charge is 0.335 e. The molecular weight excluding hydrogens is 370 g/mol. The quantitative estimate of drug-likeness (QED) is 0.866. The average molecular weight is 388 g/mol. The van der Waals surface area contributed by atoms with Crippen LogP contribution < -0.4 is 0 Å². The van der Waals surface area contributed by atoms with E-state index in [4.69, 9.17) is 16.7 Å². The predicted molar refractivity (Wildman–Crippen MR) is 98.8 cm³/mol. The first-order valence-electron chi connectivity index (χ1n) is 8.45. The summed E-state index contributed by atoms with van der Waals surface area (Å²) in [6, 6.07) is 9.75. The van der Waals surface area contributed by atoms with Gasteiger partial charge < -0.3 is 14.9 Å². The third kappa shape index (κ3) is 4.62. The van der Waals surface area contributed by atoms with E-state index in [2.05, 4.69) is 4.98 Å². The standard InChI is InChI=1S/C19H18ClN3O4/c20-15-3-1-13(2-4-15)11-17(24)22-7-9-23(10-8-22)18(25)16-12-14(19(26)27)5-6-21-16/h1-6,12H,7-11H2,(H,26,27). The highest BCUT2D eigenvalue weighted by Gasteiger charge is 2.25. The summed E-state index contributed by atoms with van der Waals surface area (Å²) >= 11 is 5.85. The van der Waals surface area contributed by atoms with Crippen LogP contribution in [0.25, 0.3) is 0 Å². The second-order valence-electron chi connectivity index (χ2n) is 6.21. The Hall–Kier alpha value is -2.93. The molecule has 7 nitrogen and oxygen atoms in total. The first kappa shape index (κ1) is 18.8. The molecule has 0 atom stereocenters. The van der Waals surface area contributed by atoms with Crippen molar-refractivity contribution in [3.8, 4) is 0 Å². The predicted octanol–water partition coefficient (Wildman–Crippen LogP) is 1.96. The molecule has 0 aliphatic carbocycles. The molecule has 0 bridgehead atoms. The van der Waals surface area contributed by atoms with Crippen LogP contribution in [0.15, 0.2) is 42.6 Å². The van der Waals surface area contributed by atoms with Gasteiger partial charge in [-0.2, -0.15) is 0 Å². The zero-order valence-corrected chi connectivity index (χ0v) is 15.2. The minimum atomic E-state index is -1.11. The van der Waals surface area contributed by atoms with Crippen molar-refractivity contribution in [2.24, 2.45) is 0 Å². The van der Waals surface area contributed by atoms with Gasteiger partial charge >= 0.3 is 5.97 Å². The van der Waals surface area contributed by atoms with Gasteiger partial charge in [-0.15, -0.1) is 0 Å². The lowest BCUT2D eigenvalue weighted by atomic mass is 10.1. The topological polar surface area (TPSA) is 90.8 Å². The Labute approximate surface area is 161 Å². The summed E-state index contributed by atoms with van der Waals surface area (Å²) in [5.74, 6) is -1.44. The number of carbonyl (C=O) groups excluding carboxylic acids is 2. The number of halogens is 1. The van der Waals surface area contributed by atoms with Crippen LogP contribution in [-0.2, 0) is 11.2 Å². The number of carboxylic acid groups (broad SMARTS) is 1. The van der Waals surface area contributed by atoms with Crippen molar-refractivity contribution in [2.75, 3.05) is 26.2 Å². The van der Waals surface area contributed by atoms with E-state index < -0.39 is 5.97 Å². The fourth-order valence-electron chi connectivity index (χ4n) is 2.89. The SMILES string of the molecule is O=C(O)c1ccnc(C(=O)N2CCN(C(=O)Cc3ccc(Cl)cc3)CC2)c1. The van der Waals surface area contributed by atoms with Gasteiger partial charge in [-0.05, 0) is 29.8 Å². The number of aromatic nitrogens is 1. The van der Waals surface area contributed by atoms with Gasteiger partial charge in [0.1, 0.15) is 5.69 Å². The Morgan fingerprint density at radius 1 is 1.00 bits per heavy atom. The molecule has 0 unspecified atom stereocenters. The number of carbonyl (C=O) groups is 3. The Kier molecular flexibility index (Phi) is 5.71. The fourth-order valence-corrected chi connectivity index (χ4v) is 3.02. The number of piperazine rings is 1. The minimum Gasteiger partial charge on any atom is -0.478 e. The summed E-state index contributed by atoms with van der Waals surface area (Å²) in [6.07, 6.45) is 1.59. The van der Waals surface area contributed by atoms with Gasteiger partial charge in [0.2, 0.25) is 5.91 Å². The summed E-state index contributed by atoms with van der Waals surface area (Å²) < 4.78 is 0. The van der Waals surface area contributed by atoms with Gasteiger partial charge in [-0.25, -0.2) is 4.79 Å². The fraction of sp³-hybridized carbons (Fsp3) is 0.263. The molecule has 1 saturated heterocycles. The first-order chi connectivity index (χ1) is 12.9. The molecule has 1 aromatic carbocycles. The van der Waals surface area contributed by atoms with Crippen molar-refractivity contribution >= 4 is 29.4 Å². The van der Waals surface area contributed by atoms with Crippen LogP contribution in [0.1, 0.15) is 26.4 Å². The zero-order chi connectivity index (χ0) is 19.4. The molecule has 2 amide bonds. The number of hydrogen-bond donors (Lipinski definition) is 1. The van der Waals surface area contributed by atoms with E-state index in [9.17, 15) is 14.4 Å². The van der Waals surface area contributed by atoms with Gasteiger partial charge in [0.15, 0.2) is 0 Å². The number of rotatable bonds is 4. The maximum Gasteiger partial charge on any atom is 0.335 e. The molecular formula is C19H18ClN3O4. The van der Waals surface area contributed by atoms with Crippen molar-refractivity contribution < 1.29 is 19.5 Å². The third-order valence-corrected chi connectivity index (χ3v) is 4.67. The Morgan fingerprint density at radius 3 is 2.26 bits per heavy atom. The highest BCUT2D eigenvalue weighted by molar-refractivity contribution is 6.30. The second-order valence-corrected chi connectivity index (χ2v) is 6.65. The lowest BCUT2D eigenvalue weighted by Crippen LogP contribution is -2.51. The van der Waals surface area contributed by atoms with Crippen LogP contribution in [-0.4, -0.2) is 63.9 Å². The van der Waals surface area contributed by atoms with E-state index in [1.165, 1.54) is 18.3 Å². The highest BCUT2D eigenvalue weighted by Crippen LogP contribution is 2.13. The summed E-state index contributed by atoms with van der Waals surface area (Å²) in [6.45, 7) is 1.61. The molecule has 1 N–H and O–H groups in total. The molecule has 2 heterocycles. The second kappa shape index (κ2) is 8.18. The summed E-state index contributed by atoms with van der Waals surface area (Å²) in [5.41, 5.74) is 0.999. The van der Waals surface area contributed by atoms with Gasteiger partial charge in [0.05, 0.1) is 12.0 Å². The average Bonchev–Trinajstić information content (AvgIpc) is 2.69. The summed E-state index contributed by atoms with van der Waals surface area (Å²) in [5, 5.41) is 9.65. The molecule has 0 spiro atoms. The maximum absolute atomic E-state index is 12.5. The van der Waals surface area contributed by atoms with Gasteiger partial charge in [-0.1, -0.05) is 23.7 Å². The summed E-state index contributed by atoms with van der Waals surface area (Å²) in [7, 11) is 0. The molecule has 1 aliphatic rings. The largest absolute Gasteiger partial charge is 0.478 e. The van der Waals surface area contributed by atoms with Gasteiger partial charge in [-0.3, -0.25) is 14.6 Å². The minimum absolute atomic E-state index is 0.00424. The van der Waals surface area contributed by atoms with E-state index in [0.29, 0.717) is 31.2 Å². The third-order valence-electron chi connectivity index (χ3n) is 4.41. The van der Waals surface area contributed by atoms with Crippen LogP contribution in [0, 0.1) is 0 Å². The molecule has 2 aromatic rings. The van der Waals surface area contributed by atoms with Crippen molar-refractivity contribution in [1.82, 2.24) is 14.8 Å². The highest BCUT2D eigenvalue weighted by atomic mass is 35.5. The molecule has 1 aliphatic heterocycles. The molecule has 1 fully saturated rings. The zero-order valence-electron chi connectivity index (χ0n) is 14.5. The number of benzene rings is 1. The summed E-state index contributed by atoms with van der Waals surface area (Å²) in [4.78, 5) is 43.3. The van der Waals surface area contributed by atoms with E-state index in [1.807, 2.05) is 12.1 Å². The number of hydrogen-bond acceptors (Lipinski definition) is 4. The Balaban J connectivity index is 1.57. The van der Waals surface area contributed by atoms with Crippen LogP contribution >= 0.6 is 11.6 Å². The number of carboxylic acids is 1. The molecule has 140 valence electrons. The van der Waals surface area contributed by atoms with Crippen molar-refractivity contribution in [3.63, 3.8) is 0 Å². The van der Waals surface area contributed by atoms with Crippen molar-refractivity contribution in [1.29, 1.82) is 0 Å². The van der Waals surface area contributed by atoms with E-state index >= 15 is 0 Å². The lowest BCUT2D eigenvalue weighted by Gasteiger charge is -2.34. The normalized spacial score (nSPS) is 14.1. The van der Waals surface area contributed by atoms with Crippen LogP contribution in [0.4, 0.5) is 0 Å². The monoisotopic (exact) mass is 387 g/mol. The van der Waals surface area contributed by atoms with Crippen LogP contribution in [0.3, 0.4) is 0 Å². The van der Waals surface area contributed by atoms with Crippen LogP contribution in [0.2, 0.25) is 5.02 Å². The number of pyridine rings is 1. The van der Waals surface area contributed by atoms with E-state index in [1.54, 1.807) is 21.9 Å². The number of nitrogens with zero attached hydrogens (tertiary/aromatic N) is 3. The van der Waals surface area contributed by atoms with Crippen molar-refractivity contribution in [3.05, 3.63) is 64.4 Å². The lowest BCUT2D eigenvalue weighted by molar-refractivity contribution is -0.131. The molecule has 8 heteroatoms. The molecule has 3 rings (SSSR count). The van der Waals surface area contributed by atoms with Gasteiger partial charge in [0.25, 0.3) is 5.91 Å². The molecule has 1 aromatic heterocycles. The van der Waals surface area contributed by atoms with E-state index in [0.717, 1.165) is 5.56 Å². The molecule has 0 radical (unpaired) electrons. The molecule has 27 heavy (non-hydrogen) atoms. The number of aromatic carboxylic acids is 1. The Bertz CT molecular complexity index is 862. The number of amides is 2.